The number of hydrogen-bond donors (Lipinski definition) is 1. The highest BCUT2D eigenvalue weighted by molar-refractivity contribution is 6.39. The van der Waals surface area contributed by atoms with Crippen LogP contribution in [0.1, 0.15) is 30.3 Å². The molecule has 1 atom stereocenters. The lowest BCUT2D eigenvalue weighted by molar-refractivity contribution is 0.193. The number of benzene rings is 2. The molecule has 6 nitrogen and oxygen atoms in total. The van der Waals surface area contributed by atoms with Gasteiger partial charge in [-0.15, -0.1) is 0 Å². The predicted molar refractivity (Wildman–Crippen MR) is 109 cm³/mol. The van der Waals surface area contributed by atoms with Crippen LogP contribution in [0.15, 0.2) is 47.0 Å². The second-order valence-electron chi connectivity index (χ2n) is 6.70. The summed E-state index contributed by atoms with van der Waals surface area (Å²) in [7, 11) is 0. The van der Waals surface area contributed by atoms with E-state index in [1.807, 2.05) is 31.2 Å². The molecule has 0 aliphatic carbocycles. The first kappa shape index (κ1) is 18.8. The number of halogens is 2. The van der Waals surface area contributed by atoms with Crippen molar-refractivity contribution in [2.75, 3.05) is 11.9 Å². The number of carbonyl (C=O) groups is 1. The Kier molecular flexibility index (Phi) is 5.24. The lowest BCUT2D eigenvalue weighted by Crippen LogP contribution is -2.34. The van der Waals surface area contributed by atoms with Crippen molar-refractivity contribution in [2.24, 2.45) is 0 Å². The van der Waals surface area contributed by atoms with Crippen molar-refractivity contribution in [1.29, 1.82) is 0 Å². The quantitative estimate of drug-likeness (QED) is 0.592. The smallest absolute Gasteiger partial charge is 0.322 e. The Morgan fingerprint density at radius 2 is 1.89 bits per heavy atom. The van der Waals surface area contributed by atoms with Gasteiger partial charge in [-0.25, -0.2) is 4.79 Å². The Balaban J connectivity index is 1.54. The van der Waals surface area contributed by atoms with Crippen LogP contribution in [-0.4, -0.2) is 27.6 Å². The van der Waals surface area contributed by atoms with Crippen LogP contribution in [0.2, 0.25) is 10.0 Å². The van der Waals surface area contributed by atoms with E-state index in [1.54, 1.807) is 23.1 Å². The molecule has 0 spiro atoms. The first-order chi connectivity index (χ1) is 13.5. The van der Waals surface area contributed by atoms with E-state index in [4.69, 9.17) is 27.7 Å². The molecule has 2 amide bonds. The van der Waals surface area contributed by atoms with Crippen molar-refractivity contribution in [1.82, 2.24) is 15.0 Å². The summed E-state index contributed by atoms with van der Waals surface area (Å²) >= 11 is 12.3. The largest absolute Gasteiger partial charge is 0.337 e. The SMILES string of the molecule is Cc1ccc(-c2noc([C@@H]3CCCN3C(=O)Nc3c(Cl)cccc3Cl)n2)cc1. The van der Waals surface area contributed by atoms with Gasteiger partial charge < -0.3 is 14.7 Å². The van der Waals surface area contributed by atoms with E-state index in [1.165, 1.54) is 0 Å². The molecule has 1 aromatic heterocycles. The number of hydrogen-bond acceptors (Lipinski definition) is 4. The van der Waals surface area contributed by atoms with Crippen molar-refractivity contribution in [2.45, 2.75) is 25.8 Å². The number of rotatable bonds is 3. The van der Waals surface area contributed by atoms with E-state index in [0.717, 1.165) is 24.0 Å². The van der Waals surface area contributed by atoms with Gasteiger partial charge in [0.25, 0.3) is 0 Å². The van der Waals surface area contributed by atoms with Gasteiger partial charge >= 0.3 is 6.03 Å². The summed E-state index contributed by atoms with van der Waals surface area (Å²) in [4.78, 5) is 19.0. The number of aryl methyl sites for hydroxylation is 1. The zero-order chi connectivity index (χ0) is 19.7. The number of anilines is 1. The van der Waals surface area contributed by atoms with Crippen LogP contribution in [0.3, 0.4) is 0 Å². The van der Waals surface area contributed by atoms with Gasteiger partial charge in [0.2, 0.25) is 11.7 Å². The number of aromatic nitrogens is 2. The summed E-state index contributed by atoms with van der Waals surface area (Å²) in [5, 5.41) is 7.65. The number of urea groups is 1. The summed E-state index contributed by atoms with van der Waals surface area (Å²) in [5.41, 5.74) is 2.43. The topological polar surface area (TPSA) is 71.3 Å². The Hall–Kier alpha value is -2.57. The Morgan fingerprint density at radius 1 is 1.18 bits per heavy atom. The maximum absolute atomic E-state index is 12.8. The first-order valence-corrected chi connectivity index (χ1v) is 9.71. The summed E-state index contributed by atoms with van der Waals surface area (Å²) in [5.74, 6) is 0.935. The van der Waals surface area contributed by atoms with Crippen LogP contribution >= 0.6 is 23.2 Å². The molecular weight excluding hydrogens is 399 g/mol. The van der Waals surface area contributed by atoms with Crippen molar-refractivity contribution in [3.63, 3.8) is 0 Å². The summed E-state index contributed by atoms with van der Waals surface area (Å²) in [6.45, 7) is 2.60. The third-order valence-electron chi connectivity index (χ3n) is 4.74. The number of amides is 2. The molecular formula is C20H18Cl2N4O2. The van der Waals surface area contributed by atoms with Gasteiger partial charge in [-0.3, -0.25) is 0 Å². The fourth-order valence-electron chi connectivity index (χ4n) is 3.25. The van der Waals surface area contributed by atoms with Crippen molar-refractivity contribution in [3.05, 3.63) is 64.0 Å². The van der Waals surface area contributed by atoms with E-state index < -0.39 is 0 Å². The molecule has 28 heavy (non-hydrogen) atoms. The molecule has 1 fully saturated rings. The van der Waals surface area contributed by atoms with Gasteiger partial charge in [0.05, 0.1) is 15.7 Å². The molecule has 2 heterocycles. The van der Waals surface area contributed by atoms with Crippen molar-refractivity contribution < 1.29 is 9.32 Å². The molecule has 2 aromatic carbocycles. The molecule has 144 valence electrons. The summed E-state index contributed by atoms with van der Waals surface area (Å²) in [6.07, 6.45) is 1.59. The Labute approximate surface area is 172 Å². The van der Waals surface area contributed by atoms with Crippen LogP contribution < -0.4 is 5.32 Å². The Bertz CT molecular complexity index is 983. The van der Waals surface area contributed by atoms with Gasteiger partial charge in [-0.1, -0.05) is 64.3 Å². The number of nitrogens with one attached hydrogen (secondary N) is 1. The summed E-state index contributed by atoms with van der Waals surface area (Å²) in [6, 6.07) is 12.4. The van der Waals surface area contributed by atoms with Crippen LogP contribution in [0, 0.1) is 6.92 Å². The van der Waals surface area contributed by atoms with E-state index in [0.29, 0.717) is 34.0 Å². The third-order valence-corrected chi connectivity index (χ3v) is 5.37. The molecule has 8 heteroatoms. The molecule has 1 N–H and O–H groups in total. The van der Waals surface area contributed by atoms with Gasteiger partial charge in [-0.05, 0) is 31.9 Å². The standard InChI is InChI=1S/C20H18Cl2N4O2/c1-12-7-9-13(10-8-12)18-24-19(28-25-18)16-6-3-11-26(16)20(27)23-17-14(21)4-2-5-15(17)22/h2,4-5,7-10,16H,3,6,11H2,1H3,(H,23,27)/t16-/m0/s1. The lowest BCUT2D eigenvalue weighted by Gasteiger charge is -2.22. The highest BCUT2D eigenvalue weighted by Crippen LogP contribution is 2.35. The molecule has 3 aromatic rings. The van der Waals surface area contributed by atoms with Crippen molar-refractivity contribution >= 4 is 34.9 Å². The van der Waals surface area contributed by atoms with E-state index in [2.05, 4.69) is 15.5 Å². The zero-order valence-corrected chi connectivity index (χ0v) is 16.7. The average molecular weight is 417 g/mol. The number of para-hydroxylation sites is 1. The fourth-order valence-corrected chi connectivity index (χ4v) is 3.74. The van der Waals surface area contributed by atoms with Gasteiger partial charge in [0, 0.05) is 12.1 Å². The molecule has 0 unspecified atom stereocenters. The normalized spacial score (nSPS) is 16.4. The molecule has 0 saturated carbocycles. The molecule has 1 saturated heterocycles. The van der Waals surface area contributed by atoms with E-state index in [-0.39, 0.29) is 12.1 Å². The minimum Gasteiger partial charge on any atom is -0.337 e. The monoisotopic (exact) mass is 416 g/mol. The summed E-state index contributed by atoms with van der Waals surface area (Å²) < 4.78 is 5.48. The van der Waals surface area contributed by atoms with Gasteiger partial charge in [0.15, 0.2) is 0 Å². The lowest BCUT2D eigenvalue weighted by atomic mass is 10.1. The minimum absolute atomic E-state index is 0.284. The van der Waals surface area contributed by atoms with E-state index >= 15 is 0 Å². The highest BCUT2D eigenvalue weighted by Gasteiger charge is 2.34. The van der Waals surface area contributed by atoms with Crippen LogP contribution in [0.25, 0.3) is 11.4 Å². The van der Waals surface area contributed by atoms with Crippen molar-refractivity contribution in [3.8, 4) is 11.4 Å². The third kappa shape index (κ3) is 3.70. The zero-order valence-electron chi connectivity index (χ0n) is 15.2. The highest BCUT2D eigenvalue weighted by atomic mass is 35.5. The van der Waals surface area contributed by atoms with Gasteiger partial charge in [0.1, 0.15) is 6.04 Å². The first-order valence-electron chi connectivity index (χ1n) is 8.95. The second kappa shape index (κ2) is 7.81. The van der Waals surface area contributed by atoms with E-state index in [9.17, 15) is 4.79 Å². The molecule has 4 rings (SSSR count). The molecule has 1 aliphatic rings. The number of carbonyl (C=O) groups excluding carboxylic acids is 1. The Morgan fingerprint density at radius 3 is 2.61 bits per heavy atom. The predicted octanol–water partition coefficient (Wildman–Crippen LogP) is 5.72. The maximum atomic E-state index is 12.8. The number of nitrogens with zero attached hydrogens (tertiary/aromatic N) is 3. The molecule has 0 radical (unpaired) electrons. The van der Waals surface area contributed by atoms with Crippen LogP contribution in [0.4, 0.5) is 10.5 Å². The maximum Gasteiger partial charge on any atom is 0.322 e. The second-order valence-corrected chi connectivity index (χ2v) is 7.51. The van der Waals surface area contributed by atoms with Gasteiger partial charge in [-0.2, -0.15) is 4.98 Å². The van der Waals surface area contributed by atoms with Crippen LogP contribution in [-0.2, 0) is 0 Å². The number of likely N-dealkylation sites (tertiary alicyclic amines) is 1. The fraction of sp³-hybridized carbons (Fsp3) is 0.250. The average Bonchev–Trinajstić information content (AvgIpc) is 3.34. The molecule has 1 aliphatic heterocycles. The molecule has 0 bridgehead atoms. The van der Waals surface area contributed by atoms with Crippen LogP contribution in [0.5, 0.6) is 0 Å². The minimum atomic E-state index is -0.299.